The van der Waals surface area contributed by atoms with Crippen molar-refractivity contribution >= 4 is 5.78 Å². The molecule has 0 aliphatic rings. The summed E-state index contributed by atoms with van der Waals surface area (Å²) in [6.07, 6.45) is -0.133. The predicted molar refractivity (Wildman–Crippen MR) is 76.9 cm³/mol. The van der Waals surface area contributed by atoms with Gasteiger partial charge in [0.15, 0.2) is 5.78 Å². The summed E-state index contributed by atoms with van der Waals surface area (Å²) < 4.78 is 31.8. The predicted octanol–water partition coefficient (Wildman–Crippen LogP) is 4.02. The Morgan fingerprint density at radius 3 is 2.48 bits per heavy atom. The fourth-order valence-electron chi connectivity index (χ4n) is 2.37. The summed E-state index contributed by atoms with van der Waals surface area (Å²) in [6, 6.07) is 6.85. The third-order valence-electron chi connectivity index (χ3n) is 3.31. The molecule has 2 aromatic rings. The topological polar surface area (TPSA) is 26.3 Å². The van der Waals surface area contributed by atoms with Crippen LogP contribution in [0.5, 0.6) is 5.75 Å². The second kappa shape index (κ2) is 6.04. The lowest BCUT2D eigenvalue weighted by molar-refractivity contribution is 0.0988. The zero-order valence-corrected chi connectivity index (χ0v) is 12.2. The van der Waals surface area contributed by atoms with E-state index in [9.17, 15) is 13.6 Å². The van der Waals surface area contributed by atoms with Crippen LogP contribution in [0.3, 0.4) is 0 Å². The van der Waals surface area contributed by atoms with Crippen molar-refractivity contribution in [3.8, 4) is 5.75 Å². The first-order valence-electron chi connectivity index (χ1n) is 6.54. The van der Waals surface area contributed by atoms with Crippen molar-refractivity contribution in [3.05, 3.63) is 64.2 Å². The van der Waals surface area contributed by atoms with E-state index in [1.807, 2.05) is 19.9 Å². The maximum absolute atomic E-state index is 13.7. The Morgan fingerprint density at radius 2 is 1.86 bits per heavy atom. The van der Waals surface area contributed by atoms with Crippen LogP contribution in [0.15, 0.2) is 30.3 Å². The number of ketones is 1. The van der Waals surface area contributed by atoms with Gasteiger partial charge in [-0.15, -0.1) is 0 Å². The molecule has 0 radical (unpaired) electrons. The number of methoxy groups -OCH3 is 1. The van der Waals surface area contributed by atoms with Crippen LogP contribution in [0.2, 0.25) is 0 Å². The van der Waals surface area contributed by atoms with E-state index >= 15 is 0 Å². The largest absolute Gasteiger partial charge is 0.496 e. The van der Waals surface area contributed by atoms with Gasteiger partial charge in [0, 0.05) is 12.5 Å². The number of halogens is 2. The normalized spacial score (nSPS) is 10.5. The lowest BCUT2D eigenvalue weighted by Gasteiger charge is -2.12. The Morgan fingerprint density at radius 1 is 1.14 bits per heavy atom. The van der Waals surface area contributed by atoms with Crippen LogP contribution in [0.1, 0.15) is 27.0 Å². The van der Waals surface area contributed by atoms with Gasteiger partial charge in [-0.25, -0.2) is 8.78 Å². The van der Waals surface area contributed by atoms with Crippen molar-refractivity contribution < 1.29 is 18.3 Å². The molecule has 110 valence electrons. The van der Waals surface area contributed by atoms with Crippen LogP contribution in [-0.4, -0.2) is 12.9 Å². The Bertz CT molecular complexity index is 693. The molecule has 0 saturated heterocycles. The van der Waals surface area contributed by atoms with Gasteiger partial charge in [0.05, 0.1) is 12.7 Å². The summed E-state index contributed by atoms with van der Waals surface area (Å²) in [5.41, 5.74) is 2.36. The van der Waals surface area contributed by atoms with Crippen molar-refractivity contribution in [2.75, 3.05) is 7.11 Å². The molecule has 0 aliphatic heterocycles. The first kappa shape index (κ1) is 15.2. The lowest BCUT2D eigenvalue weighted by atomic mass is 9.96. The van der Waals surface area contributed by atoms with Crippen molar-refractivity contribution in [2.45, 2.75) is 20.3 Å². The molecule has 0 unspecified atom stereocenters. The second-order valence-electron chi connectivity index (χ2n) is 4.99. The molecular formula is C17H16F2O2. The van der Waals surface area contributed by atoms with Crippen LogP contribution in [-0.2, 0) is 6.42 Å². The summed E-state index contributed by atoms with van der Waals surface area (Å²) >= 11 is 0. The third-order valence-corrected chi connectivity index (χ3v) is 3.31. The maximum Gasteiger partial charge on any atom is 0.171 e. The molecule has 0 aromatic heterocycles. The number of Topliss-reactive ketones (excluding diaryl/α,β-unsaturated/α-hetero) is 1. The summed E-state index contributed by atoms with van der Waals surface area (Å²) in [5, 5.41) is 0. The van der Waals surface area contributed by atoms with Crippen LogP contribution < -0.4 is 4.74 Å². The van der Waals surface area contributed by atoms with Gasteiger partial charge in [-0.3, -0.25) is 4.79 Å². The van der Waals surface area contributed by atoms with Gasteiger partial charge in [0.2, 0.25) is 0 Å². The van der Waals surface area contributed by atoms with Crippen LogP contribution in [0, 0.1) is 25.5 Å². The Balaban J connectivity index is 2.37. The summed E-state index contributed by atoms with van der Waals surface area (Å²) in [4.78, 5) is 12.4. The summed E-state index contributed by atoms with van der Waals surface area (Å²) in [7, 11) is 1.49. The first-order valence-corrected chi connectivity index (χ1v) is 6.54. The standard InChI is InChI=1S/C17H16F2O2/c1-10-6-11(2)17(16(7-10)21-3)15(20)8-12-4-5-13(18)9-14(12)19/h4-7,9H,8H2,1-3H3. The van der Waals surface area contributed by atoms with Gasteiger partial charge in [0.1, 0.15) is 17.4 Å². The number of ether oxygens (including phenoxy) is 1. The SMILES string of the molecule is COc1cc(C)cc(C)c1C(=O)Cc1ccc(F)cc1F. The fourth-order valence-corrected chi connectivity index (χ4v) is 2.37. The molecule has 0 bridgehead atoms. The molecule has 0 aliphatic carbocycles. The highest BCUT2D eigenvalue weighted by atomic mass is 19.1. The van der Waals surface area contributed by atoms with Gasteiger partial charge < -0.3 is 4.74 Å². The number of carbonyl (C=O) groups excluding carboxylic acids is 1. The Kier molecular flexibility index (Phi) is 4.36. The second-order valence-corrected chi connectivity index (χ2v) is 4.99. The summed E-state index contributed by atoms with van der Waals surface area (Å²) in [5.74, 6) is -1.16. The van der Waals surface area contributed by atoms with Crippen LogP contribution in [0.4, 0.5) is 8.78 Å². The van der Waals surface area contributed by atoms with E-state index in [1.165, 1.54) is 13.2 Å². The highest BCUT2D eigenvalue weighted by molar-refractivity contribution is 6.01. The average molecular weight is 290 g/mol. The quantitative estimate of drug-likeness (QED) is 0.795. The van der Waals surface area contributed by atoms with Crippen molar-refractivity contribution in [3.63, 3.8) is 0 Å². The van der Waals surface area contributed by atoms with E-state index < -0.39 is 11.6 Å². The number of hydrogen-bond donors (Lipinski definition) is 0. The maximum atomic E-state index is 13.7. The molecule has 0 spiro atoms. The van der Waals surface area contributed by atoms with Crippen molar-refractivity contribution in [1.82, 2.24) is 0 Å². The smallest absolute Gasteiger partial charge is 0.171 e. The Hall–Kier alpha value is -2.23. The molecule has 0 amide bonds. The number of rotatable bonds is 4. The van der Waals surface area contributed by atoms with Gasteiger partial charge in [-0.05, 0) is 42.7 Å². The van der Waals surface area contributed by atoms with Crippen molar-refractivity contribution in [2.24, 2.45) is 0 Å². The minimum Gasteiger partial charge on any atom is -0.496 e. The molecule has 21 heavy (non-hydrogen) atoms. The number of aryl methyl sites for hydroxylation is 2. The van der Waals surface area contributed by atoms with Gasteiger partial charge >= 0.3 is 0 Å². The van der Waals surface area contributed by atoms with E-state index in [2.05, 4.69) is 0 Å². The molecule has 2 nitrogen and oxygen atoms in total. The number of benzene rings is 2. The molecule has 2 aromatic carbocycles. The number of carbonyl (C=O) groups is 1. The van der Waals surface area contributed by atoms with Crippen LogP contribution >= 0.6 is 0 Å². The highest BCUT2D eigenvalue weighted by Crippen LogP contribution is 2.26. The zero-order valence-electron chi connectivity index (χ0n) is 12.2. The van der Waals surface area contributed by atoms with Crippen molar-refractivity contribution in [1.29, 1.82) is 0 Å². The third kappa shape index (κ3) is 3.27. The van der Waals surface area contributed by atoms with E-state index in [0.29, 0.717) is 11.3 Å². The van der Waals surface area contributed by atoms with Crippen LogP contribution in [0.25, 0.3) is 0 Å². The molecular weight excluding hydrogens is 274 g/mol. The lowest BCUT2D eigenvalue weighted by Crippen LogP contribution is -2.09. The van der Waals surface area contributed by atoms with E-state index in [-0.39, 0.29) is 17.8 Å². The molecule has 0 saturated carbocycles. The molecule has 0 atom stereocenters. The monoisotopic (exact) mass is 290 g/mol. The molecule has 0 N–H and O–H groups in total. The summed E-state index contributed by atoms with van der Waals surface area (Å²) in [6.45, 7) is 3.72. The highest BCUT2D eigenvalue weighted by Gasteiger charge is 2.18. The Labute approximate surface area is 122 Å². The fraction of sp³-hybridized carbons (Fsp3) is 0.235. The van der Waals surface area contributed by atoms with E-state index in [4.69, 9.17) is 4.74 Å². The molecule has 4 heteroatoms. The molecule has 0 heterocycles. The minimum atomic E-state index is -0.716. The van der Waals surface area contributed by atoms with Gasteiger partial charge in [-0.2, -0.15) is 0 Å². The minimum absolute atomic E-state index is 0.133. The average Bonchev–Trinajstić information content (AvgIpc) is 2.40. The van der Waals surface area contributed by atoms with E-state index in [1.54, 1.807) is 6.07 Å². The molecule has 0 fully saturated rings. The van der Waals surface area contributed by atoms with E-state index in [0.717, 1.165) is 23.3 Å². The first-order chi connectivity index (χ1) is 9.92. The number of hydrogen-bond acceptors (Lipinski definition) is 2. The van der Waals surface area contributed by atoms with Gasteiger partial charge in [0.25, 0.3) is 0 Å². The van der Waals surface area contributed by atoms with Gasteiger partial charge in [-0.1, -0.05) is 12.1 Å². The zero-order chi connectivity index (χ0) is 15.6. The molecule has 2 rings (SSSR count).